The van der Waals surface area contributed by atoms with Crippen molar-refractivity contribution in [2.45, 2.75) is 31.9 Å². The fourth-order valence-corrected chi connectivity index (χ4v) is 4.36. The Bertz CT molecular complexity index is 833. The minimum Gasteiger partial charge on any atom is -0.483 e. The van der Waals surface area contributed by atoms with E-state index in [0.717, 1.165) is 49.4 Å². The van der Waals surface area contributed by atoms with Crippen LogP contribution in [-0.2, 0) is 20.9 Å². The van der Waals surface area contributed by atoms with Crippen LogP contribution < -0.4 is 0 Å². The summed E-state index contributed by atoms with van der Waals surface area (Å²) >= 11 is 0. The molecule has 1 spiro atoms. The highest BCUT2D eigenvalue weighted by Crippen LogP contribution is 2.41. The Morgan fingerprint density at radius 3 is 2.63 bits per heavy atom. The number of nitrogens with zero attached hydrogens (tertiary/aromatic N) is 4. The van der Waals surface area contributed by atoms with Crippen molar-refractivity contribution in [2.75, 3.05) is 33.8 Å². The molecule has 2 fully saturated rings. The Morgan fingerprint density at radius 1 is 1.33 bits per heavy atom. The highest BCUT2D eigenvalue weighted by Gasteiger charge is 2.47. The van der Waals surface area contributed by atoms with Gasteiger partial charge in [0.1, 0.15) is 5.69 Å². The smallest absolute Gasteiger partial charge is 0.290 e. The molecule has 0 radical (unpaired) electrons. The van der Waals surface area contributed by atoms with Crippen LogP contribution in [0.4, 0.5) is 0 Å². The fourth-order valence-electron chi connectivity index (χ4n) is 4.36. The number of methoxy groups -OCH3 is 1. The number of piperidine rings is 2. The predicted octanol–water partition coefficient (Wildman–Crippen LogP) is 1.90. The number of ether oxygens (including phenoxy) is 1. The zero-order valence-electron chi connectivity index (χ0n) is 17.4. The van der Waals surface area contributed by atoms with Crippen molar-refractivity contribution >= 4 is 12.4 Å². The van der Waals surface area contributed by atoms with Gasteiger partial charge in [-0.25, -0.2) is 0 Å². The Labute approximate surface area is 175 Å². The van der Waals surface area contributed by atoms with Gasteiger partial charge >= 0.3 is 0 Å². The number of likely N-dealkylation sites (N-methyl/N-ethyl adjacent to an activating group) is 1. The maximum Gasteiger partial charge on any atom is 0.290 e. The van der Waals surface area contributed by atoms with Crippen molar-refractivity contribution in [3.05, 3.63) is 36.4 Å². The van der Waals surface area contributed by atoms with Crippen LogP contribution in [0.15, 0.2) is 35.1 Å². The van der Waals surface area contributed by atoms with E-state index in [-0.39, 0.29) is 23.9 Å². The maximum absolute atomic E-state index is 12.8. The molecule has 2 aromatic rings. The SMILES string of the molecule is COC1CN(C)C(=O)C2(CCN(Cc3cc(-c4ccncc4)no3)CC2)C1.O=CO. The monoisotopic (exact) mass is 416 g/mol. The van der Waals surface area contributed by atoms with E-state index in [0.29, 0.717) is 13.1 Å². The zero-order valence-corrected chi connectivity index (χ0v) is 17.4. The number of carbonyl (C=O) groups is 2. The number of carbonyl (C=O) groups excluding carboxylic acids is 1. The first-order chi connectivity index (χ1) is 14.5. The molecule has 2 aliphatic heterocycles. The average Bonchev–Trinajstić information content (AvgIpc) is 3.23. The molecule has 162 valence electrons. The number of rotatable bonds is 4. The van der Waals surface area contributed by atoms with Gasteiger partial charge in [0.2, 0.25) is 5.91 Å². The van der Waals surface area contributed by atoms with Gasteiger partial charge in [-0.15, -0.1) is 0 Å². The quantitative estimate of drug-likeness (QED) is 0.753. The van der Waals surface area contributed by atoms with Crippen molar-refractivity contribution in [1.82, 2.24) is 19.9 Å². The predicted molar refractivity (Wildman–Crippen MR) is 108 cm³/mol. The van der Waals surface area contributed by atoms with Crippen LogP contribution >= 0.6 is 0 Å². The van der Waals surface area contributed by atoms with Gasteiger partial charge in [-0.05, 0) is 44.5 Å². The van der Waals surface area contributed by atoms with Crippen LogP contribution in [0.2, 0.25) is 0 Å². The largest absolute Gasteiger partial charge is 0.483 e. The number of hydrogen-bond acceptors (Lipinski definition) is 7. The van der Waals surface area contributed by atoms with Gasteiger partial charge in [0.25, 0.3) is 6.47 Å². The standard InChI is InChI=1S/C20H26N4O3.CH2O2/c1-23-13-17(26-2)12-20(19(23)25)5-9-24(10-6-20)14-16-11-18(22-27-16)15-3-7-21-8-4-15;2-1-3/h3-4,7-8,11,17H,5-6,9-10,12-14H2,1-2H3;1H,(H,2,3). The van der Waals surface area contributed by atoms with Crippen molar-refractivity contribution in [1.29, 1.82) is 0 Å². The number of hydrogen-bond donors (Lipinski definition) is 1. The number of likely N-dealkylation sites (tertiary alicyclic amines) is 2. The summed E-state index contributed by atoms with van der Waals surface area (Å²) in [4.78, 5) is 29.4. The molecule has 4 heterocycles. The number of amides is 1. The van der Waals surface area contributed by atoms with Crippen LogP contribution in [0, 0.1) is 5.41 Å². The number of aromatic nitrogens is 2. The van der Waals surface area contributed by atoms with E-state index >= 15 is 0 Å². The lowest BCUT2D eigenvalue weighted by Crippen LogP contribution is -2.56. The zero-order chi connectivity index (χ0) is 21.6. The molecule has 2 aliphatic rings. The van der Waals surface area contributed by atoms with Gasteiger partial charge in [0.05, 0.1) is 18.1 Å². The molecule has 0 aliphatic carbocycles. The second kappa shape index (κ2) is 9.82. The number of carboxylic acid groups (broad SMARTS) is 1. The summed E-state index contributed by atoms with van der Waals surface area (Å²) in [5.74, 6) is 1.12. The molecular weight excluding hydrogens is 388 g/mol. The minimum absolute atomic E-state index is 0.136. The molecule has 30 heavy (non-hydrogen) atoms. The topological polar surface area (TPSA) is 109 Å². The van der Waals surface area contributed by atoms with Crippen LogP contribution in [0.3, 0.4) is 0 Å². The number of pyridine rings is 1. The molecule has 2 saturated heterocycles. The second-order valence-electron chi connectivity index (χ2n) is 7.82. The molecule has 1 N–H and O–H groups in total. The normalized spacial score (nSPS) is 21.2. The summed E-state index contributed by atoms with van der Waals surface area (Å²) in [6.45, 7) is 2.91. The lowest BCUT2D eigenvalue weighted by Gasteiger charge is -2.47. The van der Waals surface area contributed by atoms with Gasteiger partial charge in [-0.2, -0.15) is 0 Å². The van der Waals surface area contributed by atoms with E-state index in [9.17, 15) is 4.79 Å². The third-order valence-electron chi connectivity index (χ3n) is 5.96. The summed E-state index contributed by atoms with van der Waals surface area (Å²) < 4.78 is 11.1. The first-order valence-electron chi connectivity index (χ1n) is 9.96. The van der Waals surface area contributed by atoms with Crippen molar-refractivity contribution < 1.29 is 24.0 Å². The molecule has 1 atom stereocenters. The minimum atomic E-state index is -0.270. The summed E-state index contributed by atoms with van der Waals surface area (Å²) in [5, 5.41) is 11.1. The highest BCUT2D eigenvalue weighted by atomic mass is 16.5. The molecule has 4 rings (SSSR count). The van der Waals surface area contributed by atoms with E-state index in [1.165, 1.54) is 0 Å². The van der Waals surface area contributed by atoms with Crippen molar-refractivity contribution in [3.63, 3.8) is 0 Å². The van der Waals surface area contributed by atoms with Crippen LogP contribution in [0.25, 0.3) is 11.3 Å². The van der Waals surface area contributed by atoms with E-state index in [1.54, 1.807) is 19.5 Å². The van der Waals surface area contributed by atoms with E-state index < -0.39 is 0 Å². The van der Waals surface area contributed by atoms with Gasteiger partial charge in [0.15, 0.2) is 5.76 Å². The molecule has 0 bridgehead atoms. The lowest BCUT2D eigenvalue weighted by atomic mass is 9.71. The third kappa shape index (κ3) is 4.85. The molecule has 1 amide bonds. The molecule has 9 nitrogen and oxygen atoms in total. The van der Waals surface area contributed by atoms with E-state index in [4.69, 9.17) is 19.2 Å². The summed E-state index contributed by atoms with van der Waals surface area (Å²) in [5.41, 5.74) is 1.56. The third-order valence-corrected chi connectivity index (χ3v) is 5.96. The first kappa shape index (κ1) is 21.9. The molecule has 2 aromatic heterocycles. The average molecular weight is 416 g/mol. The van der Waals surface area contributed by atoms with Gasteiger partial charge in [0, 0.05) is 44.7 Å². The molecule has 0 saturated carbocycles. The van der Waals surface area contributed by atoms with E-state index in [2.05, 4.69) is 15.0 Å². The highest BCUT2D eigenvalue weighted by molar-refractivity contribution is 5.83. The second-order valence-corrected chi connectivity index (χ2v) is 7.82. The molecule has 1 unspecified atom stereocenters. The molecular formula is C21H28N4O5. The van der Waals surface area contributed by atoms with Gasteiger partial charge in [-0.1, -0.05) is 5.16 Å². The van der Waals surface area contributed by atoms with Gasteiger partial charge < -0.3 is 19.3 Å². The lowest BCUT2D eigenvalue weighted by molar-refractivity contribution is -0.156. The molecule has 0 aromatic carbocycles. The van der Waals surface area contributed by atoms with E-state index in [1.807, 2.05) is 30.1 Å². The van der Waals surface area contributed by atoms with Crippen molar-refractivity contribution in [3.8, 4) is 11.3 Å². The fraction of sp³-hybridized carbons (Fsp3) is 0.524. The van der Waals surface area contributed by atoms with Crippen molar-refractivity contribution in [2.24, 2.45) is 5.41 Å². The Hall–Kier alpha value is -2.78. The maximum atomic E-state index is 12.8. The Balaban J connectivity index is 0.000000806. The van der Waals surface area contributed by atoms with Gasteiger partial charge in [-0.3, -0.25) is 19.5 Å². The summed E-state index contributed by atoms with van der Waals surface area (Å²) in [6.07, 6.45) is 6.19. The Kier molecular flexibility index (Phi) is 7.17. The van der Waals surface area contributed by atoms with Crippen LogP contribution in [0.5, 0.6) is 0 Å². The molecule has 9 heteroatoms. The van der Waals surface area contributed by atoms with Crippen LogP contribution in [-0.4, -0.2) is 77.3 Å². The summed E-state index contributed by atoms with van der Waals surface area (Å²) in [7, 11) is 3.62. The first-order valence-corrected chi connectivity index (χ1v) is 9.96. The Morgan fingerprint density at radius 2 is 2.00 bits per heavy atom. The van der Waals surface area contributed by atoms with Crippen LogP contribution in [0.1, 0.15) is 25.0 Å². The summed E-state index contributed by atoms with van der Waals surface area (Å²) in [6, 6.07) is 5.83.